The number of hydrogen-bond acceptors (Lipinski definition) is 8. The third-order valence-corrected chi connectivity index (χ3v) is 8.08. The molecule has 4 rings (SSSR count). The molecule has 40 heavy (non-hydrogen) atoms. The lowest BCUT2D eigenvalue weighted by atomic mass is 9.94. The van der Waals surface area contributed by atoms with Crippen LogP contribution in [0.25, 0.3) is 0 Å². The van der Waals surface area contributed by atoms with Crippen LogP contribution < -0.4 is 31.9 Å². The molecule has 12 nitrogen and oxygen atoms in total. The number of carbonyl (C=O) groups is 4. The molecule has 218 valence electrons. The molecular weight excluding hydrogens is 516 g/mol. The number of amides is 3. The first-order chi connectivity index (χ1) is 19.1. The van der Waals surface area contributed by atoms with Crippen LogP contribution in [0, 0.1) is 5.92 Å². The standard InChI is InChI=1S/C28H40N6O6/c1-34(21-8-5-4-7-18(21)13-20(27(34)39)32-23(35)15-30)16-24(36)33-28(14-19(28)10-11-29)26(22-17-40-22)31-12-6-2-3-9-25(37)38/h4-5,7-8,19-20,31H,2-3,6,9-17,29-30H2,1H3,(H2-,32,33,35,36,37,38)/p+1/b26-22+/t19?,20-,28?,34?/m1/s1. The molecule has 2 heterocycles. The van der Waals surface area contributed by atoms with Crippen LogP contribution in [-0.2, 0) is 30.3 Å². The SMILES string of the molecule is C[N+]1(CC(=O)NC2(/C(NCCCCCC(=O)O)=C3/CO3)CC2CCN)C(=O)[C@H](NC(=O)CN)Cc2ccccc21. The van der Waals surface area contributed by atoms with Crippen LogP contribution in [-0.4, -0.2) is 80.2 Å². The Hall–Kier alpha value is -3.48. The highest BCUT2D eigenvalue weighted by molar-refractivity contribution is 6.01. The normalized spacial score (nSPS) is 27.6. The van der Waals surface area contributed by atoms with E-state index in [0.29, 0.717) is 39.0 Å². The van der Waals surface area contributed by atoms with Crippen LogP contribution in [0.5, 0.6) is 0 Å². The molecule has 0 bridgehead atoms. The summed E-state index contributed by atoms with van der Waals surface area (Å²) in [5, 5.41) is 18.3. The number of rotatable bonds is 15. The molecule has 3 aliphatic rings. The van der Waals surface area contributed by atoms with E-state index in [1.54, 1.807) is 7.05 Å². The maximum Gasteiger partial charge on any atom is 0.341 e. The van der Waals surface area contributed by atoms with Crippen LogP contribution in [0.1, 0.15) is 44.1 Å². The average Bonchev–Trinajstić information content (AvgIpc) is 3.85. The summed E-state index contributed by atoms with van der Waals surface area (Å²) >= 11 is 0. The van der Waals surface area contributed by atoms with Gasteiger partial charge in [0.2, 0.25) is 5.91 Å². The minimum absolute atomic E-state index is 0.124. The summed E-state index contributed by atoms with van der Waals surface area (Å²) in [4.78, 5) is 50.3. The van der Waals surface area contributed by atoms with E-state index in [1.165, 1.54) is 0 Å². The summed E-state index contributed by atoms with van der Waals surface area (Å²) in [7, 11) is 1.71. The second-order valence-electron chi connectivity index (χ2n) is 11.1. The molecule has 1 saturated heterocycles. The fourth-order valence-corrected chi connectivity index (χ4v) is 5.92. The van der Waals surface area contributed by atoms with Gasteiger partial charge in [0.05, 0.1) is 24.8 Å². The molecule has 3 amide bonds. The number of ether oxygens (including phenoxy) is 1. The summed E-state index contributed by atoms with van der Waals surface area (Å²) in [5.41, 5.74) is 13.2. The fourth-order valence-electron chi connectivity index (χ4n) is 5.92. The highest BCUT2D eigenvalue weighted by Crippen LogP contribution is 2.52. The predicted molar refractivity (Wildman–Crippen MR) is 148 cm³/mol. The van der Waals surface area contributed by atoms with E-state index < -0.39 is 23.5 Å². The van der Waals surface area contributed by atoms with Gasteiger partial charge in [0.15, 0.2) is 12.3 Å². The number of unbranched alkanes of at least 4 members (excludes halogenated alkanes) is 2. The zero-order valence-electron chi connectivity index (χ0n) is 23.0. The van der Waals surface area contributed by atoms with Crippen molar-refractivity contribution < 1.29 is 29.0 Å². The maximum absolute atomic E-state index is 13.7. The minimum atomic E-state index is -0.800. The van der Waals surface area contributed by atoms with E-state index in [2.05, 4.69) is 16.0 Å². The highest BCUT2D eigenvalue weighted by atomic mass is 16.6. The summed E-state index contributed by atoms with van der Waals surface area (Å²) < 4.78 is 5.27. The Bertz CT molecular complexity index is 1180. The van der Waals surface area contributed by atoms with Gasteiger partial charge in [-0.3, -0.25) is 14.4 Å². The van der Waals surface area contributed by atoms with Gasteiger partial charge < -0.3 is 37.3 Å². The number of nitrogens with zero attached hydrogens (tertiary/aromatic N) is 1. The second kappa shape index (κ2) is 12.4. The van der Waals surface area contributed by atoms with E-state index in [4.69, 9.17) is 21.3 Å². The largest absolute Gasteiger partial charge is 0.484 e. The zero-order chi connectivity index (χ0) is 28.9. The molecule has 4 atom stereocenters. The molecule has 0 radical (unpaired) electrons. The summed E-state index contributed by atoms with van der Waals surface area (Å²) in [6.45, 7) is 1.21. The van der Waals surface area contributed by atoms with Crippen molar-refractivity contribution in [3.05, 3.63) is 41.3 Å². The van der Waals surface area contributed by atoms with E-state index >= 15 is 0 Å². The van der Waals surface area contributed by atoms with Crippen molar-refractivity contribution in [2.24, 2.45) is 17.4 Å². The Labute approximate surface area is 234 Å². The van der Waals surface area contributed by atoms with Gasteiger partial charge in [0, 0.05) is 24.9 Å². The van der Waals surface area contributed by atoms with Gasteiger partial charge in [-0.2, -0.15) is 0 Å². The van der Waals surface area contributed by atoms with Crippen LogP contribution in [0.2, 0.25) is 0 Å². The van der Waals surface area contributed by atoms with Gasteiger partial charge >= 0.3 is 11.9 Å². The third kappa shape index (κ3) is 6.45. The molecule has 3 unspecified atom stereocenters. The Balaban J connectivity index is 1.50. The number of fused-ring (bicyclic) bond motifs is 1. The third-order valence-electron chi connectivity index (χ3n) is 8.08. The van der Waals surface area contributed by atoms with Crippen LogP contribution >= 0.6 is 0 Å². The molecule has 2 fully saturated rings. The molecular formula is C28H41N6O6+. The quantitative estimate of drug-likeness (QED) is 0.0968. The molecule has 1 aliphatic carbocycles. The number of nitrogens with one attached hydrogen (secondary N) is 3. The van der Waals surface area contributed by atoms with Crippen molar-refractivity contribution >= 4 is 29.4 Å². The average molecular weight is 558 g/mol. The Kier molecular flexibility index (Phi) is 9.12. The van der Waals surface area contributed by atoms with Gasteiger partial charge in [-0.15, -0.1) is 0 Å². The summed E-state index contributed by atoms with van der Waals surface area (Å²) in [6.07, 6.45) is 4.06. The van der Waals surface area contributed by atoms with Gasteiger partial charge in [0.25, 0.3) is 5.91 Å². The minimum Gasteiger partial charge on any atom is -0.484 e. The van der Waals surface area contributed by atoms with E-state index in [9.17, 15) is 19.2 Å². The smallest absolute Gasteiger partial charge is 0.341 e. The number of epoxide rings is 1. The summed E-state index contributed by atoms with van der Waals surface area (Å²) in [5.74, 6) is -0.870. The molecule has 0 aromatic heterocycles. The fraction of sp³-hybridized carbons (Fsp3) is 0.571. The maximum atomic E-state index is 13.7. The molecule has 1 aromatic carbocycles. The Morgan fingerprint density at radius 3 is 2.58 bits per heavy atom. The first kappa shape index (κ1) is 29.5. The number of carbonyl (C=O) groups excluding carboxylic acids is 3. The lowest BCUT2D eigenvalue weighted by Gasteiger charge is -2.39. The van der Waals surface area contributed by atoms with Gasteiger partial charge in [-0.1, -0.05) is 24.6 Å². The van der Waals surface area contributed by atoms with Crippen LogP contribution in [0.3, 0.4) is 0 Å². The number of benzene rings is 1. The van der Waals surface area contributed by atoms with Crippen molar-refractivity contribution in [3.63, 3.8) is 0 Å². The van der Waals surface area contributed by atoms with Gasteiger partial charge in [-0.25, -0.2) is 9.28 Å². The lowest BCUT2D eigenvalue weighted by molar-refractivity contribution is -0.138. The van der Waals surface area contributed by atoms with E-state index in [1.807, 2.05) is 24.3 Å². The molecule has 2 aliphatic heterocycles. The van der Waals surface area contributed by atoms with Crippen molar-refractivity contribution in [2.45, 2.75) is 56.5 Å². The lowest BCUT2D eigenvalue weighted by Crippen LogP contribution is -2.66. The van der Waals surface area contributed by atoms with Crippen molar-refractivity contribution in [1.29, 1.82) is 0 Å². The van der Waals surface area contributed by atoms with Gasteiger partial charge in [-0.05, 0) is 44.2 Å². The molecule has 0 spiro atoms. The Morgan fingerprint density at radius 2 is 1.90 bits per heavy atom. The first-order valence-corrected chi connectivity index (χ1v) is 14.0. The summed E-state index contributed by atoms with van der Waals surface area (Å²) in [6, 6.07) is 6.68. The number of aliphatic carboxylic acids is 1. The molecule has 12 heteroatoms. The van der Waals surface area contributed by atoms with Crippen molar-refractivity contribution in [1.82, 2.24) is 20.4 Å². The predicted octanol–water partition coefficient (Wildman–Crippen LogP) is -0.150. The van der Waals surface area contributed by atoms with E-state index in [0.717, 1.165) is 42.0 Å². The highest BCUT2D eigenvalue weighted by Gasteiger charge is 2.60. The number of likely N-dealkylation sites (N-methyl/N-ethyl adjacent to an activating group) is 1. The molecule has 1 aromatic rings. The molecule has 8 N–H and O–H groups in total. The number of nitrogens with two attached hydrogens (primary N) is 2. The van der Waals surface area contributed by atoms with E-state index in [-0.39, 0.29) is 41.7 Å². The number of hydrogen-bond donors (Lipinski definition) is 6. The van der Waals surface area contributed by atoms with Crippen LogP contribution in [0.4, 0.5) is 5.69 Å². The molecule has 1 saturated carbocycles. The monoisotopic (exact) mass is 557 g/mol. The van der Waals surface area contributed by atoms with Crippen molar-refractivity contribution in [2.75, 3.05) is 39.8 Å². The number of carboxylic acids is 1. The topological polar surface area (TPSA) is 189 Å². The van der Waals surface area contributed by atoms with Crippen molar-refractivity contribution in [3.8, 4) is 0 Å². The first-order valence-electron chi connectivity index (χ1n) is 14.0. The number of carboxylic acid groups (broad SMARTS) is 1. The second-order valence-corrected chi connectivity index (χ2v) is 11.1. The van der Waals surface area contributed by atoms with Crippen LogP contribution in [0.15, 0.2) is 35.7 Å². The zero-order valence-corrected chi connectivity index (χ0v) is 23.0. The Morgan fingerprint density at radius 1 is 1.15 bits per heavy atom. The number of quaternary nitrogens is 1. The van der Waals surface area contributed by atoms with Gasteiger partial charge in [0.1, 0.15) is 18.3 Å². The number of para-hydroxylation sites is 1.